The molecule has 1 aromatic heterocycles. The summed E-state index contributed by atoms with van der Waals surface area (Å²) in [6, 6.07) is 9.20. The molecule has 1 unspecified atom stereocenters. The van der Waals surface area contributed by atoms with E-state index in [9.17, 15) is 0 Å². The Kier molecular flexibility index (Phi) is 4.21. The molecule has 1 aromatic carbocycles. The molecular formula is C16H21NO. The average Bonchev–Trinajstić information content (AvgIpc) is 2.86. The van der Waals surface area contributed by atoms with Gasteiger partial charge in [0.1, 0.15) is 0 Å². The smallest absolute Gasteiger partial charge is 0.0935 e. The highest BCUT2D eigenvalue weighted by Gasteiger charge is 2.09. The zero-order valence-electron chi connectivity index (χ0n) is 11.4. The van der Waals surface area contributed by atoms with E-state index in [2.05, 4.69) is 37.4 Å². The third-order valence-electron chi connectivity index (χ3n) is 3.52. The standard InChI is InChI=1S/C16H21NO/c1-12-4-5-14(8-13(12)2)9-16(17-3)10-15-6-7-18-11-15/h4-8,11,16-17H,9-10H2,1-3H3. The SMILES string of the molecule is CNC(Cc1ccoc1)Cc1ccc(C)c(C)c1. The van der Waals surface area contributed by atoms with Crippen LogP contribution in [0, 0.1) is 13.8 Å². The maximum absolute atomic E-state index is 5.12. The number of benzene rings is 1. The van der Waals surface area contributed by atoms with E-state index >= 15 is 0 Å². The lowest BCUT2D eigenvalue weighted by Gasteiger charge is -2.16. The lowest BCUT2D eigenvalue weighted by atomic mass is 9.98. The van der Waals surface area contributed by atoms with Crippen molar-refractivity contribution in [3.05, 3.63) is 59.0 Å². The summed E-state index contributed by atoms with van der Waals surface area (Å²) < 4.78 is 5.12. The molecule has 2 aromatic rings. The summed E-state index contributed by atoms with van der Waals surface area (Å²) in [7, 11) is 2.02. The van der Waals surface area contributed by atoms with Gasteiger partial charge in [-0.05, 0) is 62.1 Å². The van der Waals surface area contributed by atoms with Crippen LogP contribution in [0.4, 0.5) is 0 Å². The van der Waals surface area contributed by atoms with Crippen LogP contribution < -0.4 is 5.32 Å². The Morgan fingerprint density at radius 2 is 1.83 bits per heavy atom. The second kappa shape index (κ2) is 5.87. The molecule has 2 heteroatoms. The summed E-state index contributed by atoms with van der Waals surface area (Å²) in [5, 5.41) is 3.38. The normalized spacial score (nSPS) is 12.6. The van der Waals surface area contributed by atoms with Gasteiger partial charge in [-0.25, -0.2) is 0 Å². The molecule has 1 heterocycles. The largest absolute Gasteiger partial charge is 0.472 e. The monoisotopic (exact) mass is 243 g/mol. The van der Waals surface area contributed by atoms with Crippen LogP contribution in [0.15, 0.2) is 41.2 Å². The van der Waals surface area contributed by atoms with Gasteiger partial charge in [0.05, 0.1) is 12.5 Å². The molecule has 0 spiro atoms. The van der Waals surface area contributed by atoms with Crippen LogP contribution in [0.5, 0.6) is 0 Å². The van der Waals surface area contributed by atoms with E-state index < -0.39 is 0 Å². The van der Waals surface area contributed by atoms with E-state index in [1.807, 2.05) is 19.4 Å². The van der Waals surface area contributed by atoms with Crippen LogP contribution in [0.1, 0.15) is 22.3 Å². The van der Waals surface area contributed by atoms with Crippen LogP contribution in [0.3, 0.4) is 0 Å². The lowest BCUT2D eigenvalue weighted by molar-refractivity contribution is 0.538. The highest BCUT2D eigenvalue weighted by Crippen LogP contribution is 2.13. The molecule has 1 atom stereocenters. The number of hydrogen-bond donors (Lipinski definition) is 1. The second-order valence-corrected chi connectivity index (χ2v) is 4.94. The number of hydrogen-bond acceptors (Lipinski definition) is 2. The summed E-state index contributed by atoms with van der Waals surface area (Å²) in [5.41, 5.74) is 5.36. The van der Waals surface area contributed by atoms with Crippen LogP contribution in [0.25, 0.3) is 0 Å². The third kappa shape index (κ3) is 3.23. The van der Waals surface area contributed by atoms with Crippen molar-refractivity contribution in [2.45, 2.75) is 32.7 Å². The van der Waals surface area contributed by atoms with Crippen molar-refractivity contribution in [1.29, 1.82) is 0 Å². The number of furan rings is 1. The Labute approximate surface area is 109 Å². The van der Waals surface area contributed by atoms with Gasteiger partial charge in [0.2, 0.25) is 0 Å². The zero-order chi connectivity index (χ0) is 13.0. The van der Waals surface area contributed by atoms with E-state index in [0.29, 0.717) is 6.04 Å². The van der Waals surface area contributed by atoms with Gasteiger partial charge in [-0.15, -0.1) is 0 Å². The quantitative estimate of drug-likeness (QED) is 0.872. The minimum absolute atomic E-state index is 0.449. The molecule has 18 heavy (non-hydrogen) atoms. The molecule has 96 valence electrons. The molecule has 0 radical (unpaired) electrons. The van der Waals surface area contributed by atoms with Crippen molar-refractivity contribution in [3.8, 4) is 0 Å². The maximum atomic E-state index is 5.12. The average molecular weight is 243 g/mol. The summed E-state index contributed by atoms with van der Waals surface area (Å²) in [6.45, 7) is 4.32. The Morgan fingerprint density at radius 1 is 1.06 bits per heavy atom. The van der Waals surface area contributed by atoms with Gasteiger partial charge < -0.3 is 9.73 Å². The number of likely N-dealkylation sites (N-methyl/N-ethyl adjacent to an activating group) is 1. The summed E-state index contributed by atoms with van der Waals surface area (Å²) in [5.74, 6) is 0. The molecule has 0 fully saturated rings. The summed E-state index contributed by atoms with van der Waals surface area (Å²) >= 11 is 0. The fraction of sp³-hybridized carbons (Fsp3) is 0.375. The predicted molar refractivity (Wildman–Crippen MR) is 74.9 cm³/mol. The molecule has 0 saturated heterocycles. The molecule has 0 aliphatic carbocycles. The van der Waals surface area contributed by atoms with Crippen molar-refractivity contribution in [3.63, 3.8) is 0 Å². The lowest BCUT2D eigenvalue weighted by Crippen LogP contribution is -2.29. The van der Waals surface area contributed by atoms with Gasteiger partial charge in [0.15, 0.2) is 0 Å². The highest BCUT2D eigenvalue weighted by molar-refractivity contribution is 5.30. The van der Waals surface area contributed by atoms with E-state index in [0.717, 1.165) is 12.8 Å². The maximum Gasteiger partial charge on any atom is 0.0935 e. The minimum atomic E-state index is 0.449. The third-order valence-corrected chi connectivity index (χ3v) is 3.52. The van der Waals surface area contributed by atoms with Crippen LogP contribution in [-0.4, -0.2) is 13.1 Å². The van der Waals surface area contributed by atoms with Crippen molar-refractivity contribution in [1.82, 2.24) is 5.32 Å². The zero-order valence-corrected chi connectivity index (χ0v) is 11.4. The van der Waals surface area contributed by atoms with Crippen molar-refractivity contribution < 1.29 is 4.42 Å². The van der Waals surface area contributed by atoms with Gasteiger partial charge in [0, 0.05) is 6.04 Å². The van der Waals surface area contributed by atoms with Crippen molar-refractivity contribution in [2.24, 2.45) is 0 Å². The first kappa shape index (κ1) is 12.9. The first-order valence-electron chi connectivity index (χ1n) is 6.43. The van der Waals surface area contributed by atoms with Gasteiger partial charge in [-0.2, -0.15) is 0 Å². The minimum Gasteiger partial charge on any atom is -0.472 e. The molecule has 2 rings (SSSR count). The molecule has 0 aliphatic rings. The Morgan fingerprint density at radius 3 is 2.44 bits per heavy atom. The molecule has 0 amide bonds. The van der Waals surface area contributed by atoms with E-state index in [4.69, 9.17) is 4.42 Å². The predicted octanol–water partition coefficient (Wildman–Crippen LogP) is 3.27. The summed E-state index contributed by atoms with van der Waals surface area (Å²) in [4.78, 5) is 0. The van der Waals surface area contributed by atoms with Gasteiger partial charge in [-0.1, -0.05) is 18.2 Å². The second-order valence-electron chi connectivity index (χ2n) is 4.94. The van der Waals surface area contributed by atoms with Crippen LogP contribution in [-0.2, 0) is 12.8 Å². The number of rotatable bonds is 5. The Balaban J connectivity index is 2.03. The fourth-order valence-electron chi connectivity index (χ4n) is 2.18. The molecule has 1 N–H and O–H groups in total. The molecular weight excluding hydrogens is 222 g/mol. The highest BCUT2D eigenvalue weighted by atomic mass is 16.3. The molecule has 0 bridgehead atoms. The Hall–Kier alpha value is -1.54. The number of aryl methyl sites for hydroxylation is 2. The van der Waals surface area contributed by atoms with Crippen molar-refractivity contribution >= 4 is 0 Å². The van der Waals surface area contributed by atoms with Crippen LogP contribution >= 0.6 is 0 Å². The molecule has 0 saturated carbocycles. The first-order valence-corrected chi connectivity index (χ1v) is 6.43. The van der Waals surface area contributed by atoms with Crippen LogP contribution in [0.2, 0.25) is 0 Å². The molecule has 2 nitrogen and oxygen atoms in total. The Bertz CT molecular complexity index is 488. The van der Waals surface area contributed by atoms with E-state index in [1.54, 1.807) is 6.26 Å². The molecule has 0 aliphatic heterocycles. The van der Waals surface area contributed by atoms with Crippen molar-refractivity contribution in [2.75, 3.05) is 7.05 Å². The van der Waals surface area contributed by atoms with E-state index in [1.165, 1.54) is 22.3 Å². The first-order chi connectivity index (χ1) is 8.69. The fourth-order valence-corrected chi connectivity index (χ4v) is 2.18. The van der Waals surface area contributed by atoms with E-state index in [-0.39, 0.29) is 0 Å². The number of nitrogens with one attached hydrogen (secondary N) is 1. The van der Waals surface area contributed by atoms with Gasteiger partial charge in [-0.3, -0.25) is 0 Å². The topological polar surface area (TPSA) is 25.2 Å². The summed E-state index contributed by atoms with van der Waals surface area (Å²) in [6.07, 6.45) is 5.60. The van der Waals surface area contributed by atoms with Gasteiger partial charge in [0.25, 0.3) is 0 Å². The van der Waals surface area contributed by atoms with Gasteiger partial charge >= 0.3 is 0 Å².